The van der Waals surface area contributed by atoms with E-state index >= 15 is 0 Å². The molecule has 0 radical (unpaired) electrons. The minimum atomic E-state index is 0.512. The van der Waals surface area contributed by atoms with E-state index in [1.165, 1.54) is 0 Å². The Bertz CT molecular complexity index is 1100. The number of rotatable bonds is 6. The smallest absolute Gasteiger partial charge is 0.163 e. The van der Waals surface area contributed by atoms with Gasteiger partial charge in [0.25, 0.3) is 0 Å². The zero-order chi connectivity index (χ0) is 19.3. The monoisotopic (exact) mass is 410 g/mol. The molecule has 0 spiro atoms. The summed E-state index contributed by atoms with van der Waals surface area (Å²) in [5.74, 6) is 2.02. The molecule has 0 saturated carbocycles. The number of hydrogen-bond donors (Lipinski definition) is 2. The van der Waals surface area contributed by atoms with Gasteiger partial charge in [0.15, 0.2) is 5.82 Å². The first kappa shape index (κ1) is 18.4. The normalized spacial score (nSPS) is 10.8. The molecule has 2 aromatic carbocycles. The topological polar surface area (TPSA) is 75.6 Å². The molecule has 28 heavy (non-hydrogen) atoms. The Hall–Kier alpha value is -2.96. The summed E-state index contributed by atoms with van der Waals surface area (Å²) in [6.07, 6.45) is 4.97. The van der Waals surface area contributed by atoms with Crippen molar-refractivity contribution in [3.05, 3.63) is 71.1 Å². The zero-order valence-electron chi connectivity index (χ0n) is 14.7. The van der Waals surface area contributed by atoms with Crippen molar-refractivity contribution in [2.24, 2.45) is 0 Å². The van der Waals surface area contributed by atoms with Crippen LogP contribution in [0.3, 0.4) is 0 Å². The highest BCUT2D eigenvalue weighted by Gasteiger charge is 2.12. The number of nitrogens with zero attached hydrogens (tertiary/aromatic N) is 4. The molecule has 0 aliphatic heterocycles. The van der Waals surface area contributed by atoms with Crippen molar-refractivity contribution >= 4 is 45.7 Å². The van der Waals surface area contributed by atoms with Crippen LogP contribution in [0, 0.1) is 0 Å². The quantitative estimate of drug-likeness (QED) is 0.439. The zero-order valence-corrected chi connectivity index (χ0v) is 16.2. The van der Waals surface area contributed by atoms with E-state index in [1.54, 1.807) is 30.7 Å². The fraction of sp³-hybridized carbons (Fsp3) is 0.100. The van der Waals surface area contributed by atoms with Crippen molar-refractivity contribution < 1.29 is 0 Å². The summed E-state index contributed by atoms with van der Waals surface area (Å²) in [4.78, 5) is 17.6. The van der Waals surface area contributed by atoms with Crippen LogP contribution in [0.1, 0.15) is 0 Å². The molecule has 2 heterocycles. The van der Waals surface area contributed by atoms with Crippen molar-refractivity contribution in [1.29, 1.82) is 0 Å². The lowest BCUT2D eigenvalue weighted by atomic mass is 10.2. The maximum absolute atomic E-state index is 6.35. The Morgan fingerprint density at radius 3 is 2.57 bits per heavy atom. The van der Waals surface area contributed by atoms with Gasteiger partial charge in [0, 0.05) is 41.5 Å². The number of nitrogens with one attached hydrogen (secondary N) is 2. The predicted octanol–water partition coefficient (Wildman–Crippen LogP) is 4.92. The van der Waals surface area contributed by atoms with E-state index < -0.39 is 0 Å². The van der Waals surface area contributed by atoms with Gasteiger partial charge in [-0.3, -0.25) is 4.98 Å². The second-order valence-electron chi connectivity index (χ2n) is 5.98. The highest BCUT2D eigenvalue weighted by molar-refractivity contribution is 6.36. The van der Waals surface area contributed by atoms with Gasteiger partial charge >= 0.3 is 0 Å². The van der Waals surface area contributed by atoms with E-state index in [1.807, 2.05) is 30.3 Å². The molecule has 2 aromatic heterocycles. The van der Waals surface area contributed by atoms with Crippen LogP contribution in [-0.4, -0.2) is 33.0 Å². The minimum Gasteiger partial charge on any atom is -0.368 e. The van der Waals surface area contributed by atoms with Crippen molar-refractivity contribution in [1.82, 2.24) is 19.9 Å². The predicted molar refractivity (Wildman–Crippen MR) is 114 cm³/mol. The average Bonchev–Trinajstić information content (AvgIpc) is 2.72. The van der Waals surface area contributed by atoms with Gasteiger partial charge in [0.05, 0.1) is 16.7 Å². The van der Waals surface area contributed by atoms with Gasteiger partial charge in [-0.05, 0) is 30.3 Å². The Morgan fingerprint density at radius 2 is 1.75 bits per heavy atom. The molecule has 0 fully saturated rings. The first-order valence-electron chi connectivity index (χ1n) is 8.67. The summed E-state index contributed by atoms with van der Waals surface area (Å²) in [6.45, 7) is 1.30. The lowest BCUT2D eigenvalue weighted by molar-refractivity contribution is 1.04. The number of halogens is 2. The molecule has 140 valence electrons. The highest BCUT2D eigenvalue weighted by atomic mass is 35.5. The highest BCUT2D eigenvalue weighted by Crippen LogP contribution is 2.31. The molecular weight excluding hydrogens is 395 g/mol. The van der Waals surface area contributed by atoms with Crippen LogP contribution >= 0.6 is 23.2 Å². The summed E-state index contributed by atoms with van der Waals surface area (Å²) in [5, 5.41) is 8.60. The molecule has 0 saturated heterocycles. The van der Waals surface area contributed by atoms with Crippen molar-refractivity contribution in [2.75, 3.05) is 23.7 Å². The van der Waals surface area contributed by atoms with Gasteiger partial charge < -0.3 is 10.6 Å². The fourth-order valence-electron chi connectivity index (χ4n) is 2.76. The van der Waals surface area contributed by atoms with E-state index in [0.29, 0.717) is 29.0 Å². The lowest BCUT2D eigenvalue weighted by Gasteiger charge is -2.12. The Morgan fingerprint density at radius 1 is 0.893 bits per heavy atom. The number of aromatic nitrogens is 4. The van der Waals surface area contributed by atoms with Gasteiger partial charge in [-0.2, -0.15) is 0 Å². The van der Waals surface area contributed by atoms with Gasteiger partial charge in [0.1, 0.15) is 11.6 Å². The summed E-state index contributed by atoms with van der Waals surface area (Å²) >= 11 is 12.4. The number of fused-ring (bicyclic) bond motifs is 1. The van der Waals surface area contributed by atoms with Crippen LogP contribution in [0.25, 0.3) is 22.3 Å². The van der Waals surface area contributed by atoms with Crippen molar-refractivity contribution in [3.8, 4) is 11.4 Å². The molecule has 6 nitrogen and oxygen atoms in total. The summed E-state index contributed by atoms with van der Waals surface area (Å²) < 4.78 is 0. The third-order valence-electron chi connectivity index (χ3n) is 4.06. The second-order valence-corrected chi connectivity index (χ2v) is 6.82. The molecule has 2 N–H and O–H groups in total. The third-order valence-corrected chi connectivity index (χ3v) is 4.61. The molecule has 4 rings (SSSR count). The van der Waals surface area contributed by atoms with Gasteiger partial charge in [-0.25, -0.2) is 15.0 Å². The van der Waals surface area contributed by atoms with Crippen LogP contribution in [0.2, 0.25) is 10.0 Å². The molecular formula is C20H16Cl2N6. The van der Waals surface area contributed by atoms with E-state index in [9.17, 15) is 0 Å². The van der Waals surface area contributed by atoms with E-state index in [2.05, 4.69) is 25.6 Å². The number of benzene rings is 2. The van der Waals surface area contributed by atoms with Gasteiger partial charge in [-0.15, -0.1) is 0 Å². The summed E-state index contributed by atoms with van der Waals surface area (Å²) in [5.41, 5.74) is 1.57. The molecule has 0 bridgehead atoms. The second kappa shape index (κ2) is 8.37. The summed E-state index contributed by atoms with van der Waals surface area (Å²) in [6, 6.07) is 13.1. The van der Waals surface area contributed by atoms with Gasteiger partial charge in [0.2, 0.25) is 0 Å². The number of para-hydroxylation sites is 1. The Kier molecular flexibility index (Phi) is 5.50. The Balaban J connectivity index is 1.59. The van der Waals surface area contributed by atoms with Crippen LogP contribution in [-0.2, 0) is 0 Å². The van der Waals surface area contributed by atoms with E-state index in [4.69, 9.17) is 28.2 Å². The Labute approximate surface area is 172 Å². The molecule has 0 aliphatic rings. The van der Waals surface area contributed by atoms with Crippen molar-refractivity contribution in [3.63, 3.8) is 0 Å². The molecule has 0 atom stereocenters. The van der Waals surface area contributed by atoms with E-state index in [0.717, 1.165) is 28.1 Å². The SMILES string of the molecule is Clc1ccc(-c2nc(NCCNc3cnccn3)c3ccccc3n2)c(Cl)c1. The first-order valence-corrected chi connectivity index (χ1v) is 9.42. The molecule has 0 unspecified atom stereocenters. The molecule has 8 heteroatoms. The lowest BCUT2D eigenvalue weighted by Crippen LogP contribution is -2.15. The standard InChI is InChI=1S/C20H16Cl2N6/c21-13-5-6-14(16(22)11-13)20-27-17-4-2-1-3-15(17)19(28-20)26-10-9-25-18-12-23-7-8-24-18/h1-8,11-12H,9-10H2,(H,24,25)(H,26,27,28). The fourth-order valence-corrected chi connectivity index (χ4v) is 3.26. The van der Waals surface area contributed by atoms with E-state index in [-0.39, 0.29) is 0 Å². The van der Waals surface area contributed by atoms with Crippen LogP contribution in [0.15, 0.2) is 61.1 Å². The van der Waals surface area contributed by atoms with Crippen LogP contribution < -0.4 is 10.6 Å². The maximum atomic E-state index is 6.35. The maximum Gasteiger partial charge on any atom is 0.163 e. The largest absolute Gasteiger partial charge is 0.368 e. The molecule has 0 amide bonds. The molecule has 4 aromatic rings. The third kappa shape index (κ3) is 4.13. The first-order chi connectivity index (χ1) is 13.7. The van der Waals surface area contributed by atoms with Gasteiger partial charge in [-0.1, -0.05) is 35.3 Å². The van der Waals surface area contributed by atoms with Crippen LogP contribution in [0.5, 0.6) is 0 Å². The number of anilines is 2. The number of hydrogen-bond acceptors (Lipinski definition) is 6. The molecule has 0 aliphatic carbocycles. The minimum absolute atomic E-state index is 0.512. The summed E-state index contributed by atoms with van der Waals surface area (Å²) in [7, 11) is 0. The van der Waals surface area contributed by atoms with Crippen LogP contribution in [0.4, 0.5) is 11.6 Å². The average molecular weight is 411 g/mol. The van der Waals surface area contributed by atoms with Crippen molar-refractivity contribution in [2.45, 2.75) is 0 Å².